The van der Waals surface area contributed by atoms with E-state index >= 15 is 0 Å². The highest BCUT2D eigenvalue weighted by atomic mass is 16.5. The van der Waals surface area contributed by atoms with Crippen molar-refractivity contribution in [3.05, 3.63) is 60.2 Å². The van der Waals surface area contributed by atoms with Gasteiger partial charge in [-0.2, -0.15) is 5.26 Å². The van der Waals surface area contributed by atoms with Crippen LogP contribution in [0.2, 0.25) is 0 Å². The number of nitrogens with one attached hydrogen (secondary N) is 1. The molecule has 2 rings (SSSR count). The van der Waals surface area contributed by atoms with E-state index in [9.17, 15) is 0 Å². The molecule has 0 saturated carbocycles. The number of nitriles is 1. The van der Waals surface area contributed by atoms with Gasteiger partial charge in [0.15, 0.2) is 0 Å². The molecule has 2 aromatic rings. The smallest absolute Gasteiger partial charge is 0.127 e. The number of para-hydroxylation sites is 1. The molecule has 102 valence electrons. The van der Waals surface area contributed by atoms with Crippen LogP contribution in [0.1, 0.15) is 19.4 Å². The molecule has 1 N–H and O–H groups in total. The number of ether oxygens (including phenoxy) is 1. The van der Waals surface area contributed by atoms with Crippen LogP contribution in [0.5, 0.6) is 11.5 Å². The van der Waals surface area contributed by atoms with Crippen LogP contribution in [-0.2, 0) is 6.54 Å². The summed E-state index contributed by atoms with van der Waals surface area (Å²) in [6.07, 6.45) is 0. The second-order valence-corrected chi connectivity index (χ2v) is 5.15. The van der Waals surface area contributed by atoms with Crippen LogP contribution in [0.15, 0.2) is 54.6 Å². The van der Waals surface area contributed by atoms with Crippen LogP contribution >= 0.6 is 0 Å². The van der Waals surface area contributed by atoms with Crippen LogP contribution in [0.25, 0.3) is 0 Å². The largest absolute Gasteiger partial charge is 0.457 e. The van der Waals surface area contributed by atoms with E-state index < -0.39 is 5.54 Å². The summed E-state index contributed by atoms with van der Waals surface area (Å²) in [7, 11) is 0. The number of nitrogens with zero attached hydrogens (tertiary/aromatic N) is 1. The summed E-state index contributed by atoms with van der Waals surface area (Å²) in [5.41, 5.74) is 0.605. The van der Waals surface area contributed by atoms with E-state index in [0.29, 0.717) is 6.54 Å². The van der Waals surface area contributed by atoms with Crippen molar-refractivity contribution in [1.29, 1.82) is 5.26 Å². The van der Waals surface area contributed by atoms with E-state index in [1.54, 1.807) is 0 Å². The maximum absolute atomic E-state index is 8.95. The van der Waals surface area contributed by atoms with Gasteiger partial charge in [-0.15, -0.1) is 0 Å². The molecule has 0 aliphatic heterocycles. The van der Waals surface area contributed by atoms with Crippen LogP contribution in [0, 0.1) is 11.3 Å². The lowest BCUT2D eigenvalue weighted by atomic mass is 10.1. The third-order valence-electron chi connectivity index (χ3n) is 2.92. The predicted molar refractivity (Wildman–Crippen MR) is 79.5 cm³/mol. The Balaban J connectivity index is 1.95. The van der Waals surface area contributed by atoms with Crippen molar-refractivity contribution in [3.8, 4) is 17.6 Å². The monoisotopic (exact) mass is 266 g/mol. The topological polar surface area (TPSA) is 45.0 Å². The van der Waals surface area contributed by atoms with Crippen LogP contribution in [0.4, 0.5) is 0 Å². The summed E-state index contributed by atoms with van der Waals surface area (Å²) in [5.74, 6) is 1.63. The van der Waals surface area contributed by atoms with Crippen molar-refractivity contribution in [2.24, 2.45) is 0 Å². The average Bonchev–Trinajstić information content (AvgIpc) is 2.48. The molecule has 0 unspecified atom stereocenters. The molecule has 0 atom stereocenters. The fraction of sp³-hybridized carbons (Fsp3) is 0.235. The zero-order chi connectivity index (χ0) is 14.4. The molecule has 0 heterocycles. The first-order valence-electron chi connectivity index (χ1n) is 6.57. The summed E-state index contributed by atoms with van der Waals surface area (Å²) in [5, 5.41) is 12.1. The Hall–Kier alpha value is -2.31. The van der Waals surface area contributed by atoms with Gasteiger partial charge in [-0.25, -0.2) is 0 Å². The third-order valence-corrected chi connectivity index (χ3v) is 2.92. The number of hydrogen-bond donors (Lipinski definition) is 1. The third kappa shape index (κ3) is 4.11. The number of rotatable bonds is 5. The van der Waals surface area contributed by atoms with Crippen molar-refractivity contribution >= 4 is 0 Å². The first-order valence-corrected chi connectivity index (χ1v) is 6.57. The Bertz CT molecular complexity index is 583. The highest BCUT2D eigenvalue weighted by molar-refractivity contribution is 5.33. The van der Waals surface area contributed by atoms with E-state index in [1.807, 2.05) is 68.4 Å². The molecule has 20 heavy (non-hydrogen) atoms. The fourth-order valence-electron chi connectivity index (χ4n) is 1.66. The lowest BCUT2D eigenvalue weighted by Gasteiger charge is -2.17. The minimum Gasteiger partial charge on any atom is -0.457 e. The minimum atomic E-state index is -0.515. The molecule has 0 aliphatic carbocycles. The Labute approximate surface area is 119 Å². The van der Waals surface area contributed by atoms with E-state index in [-0.39, 0.29) is 0 Å². The molecule has 0 spiro atoms. The van der Waals surface area contributed by atoms with Gasteiger partial charge in [-0.1, -0.05) is 30.3 Å². The molecule has 0 saturated heterocycles. The summed E-state index contributed by atoms with van der Waals surface area (Å²) >= 11 is 0. The van der Waals surface area contributed by atoms with Gasteiger partial charge >= 0.3 is 0 Å². The van der Waals surface area contributed by atoms with Gasteiger partial charge in [0.25, 0.3) is 0 Å². The molecule has 3 heteroatoms. The van der Waals surface area contributed by atoms with Crippen LogP contribution < -0.4 is 10.1 Å². The van der Waals surface area contributed by atoms with E-state index in [1.165, 1.54) is 0 Å². The molecule has 0 radical (unpaired) electrons. The van der Waals surface area contributed by atoms with Crippen molar-refractivity contribution < 1.29 is 4.74 Å². The molecule has 0 amide bonds. The molecular weight excluding hydrogens is 248 g/mol. The highest BCUT2D eigenvalue weighted by Crippen LogP contribution is 2.21. The van der Waals surface area contributed by atoms with Gasteiger partial charge in [0.1, 0.15) is 17.0 Å². The maximum atomic E-state index is 8.95. The van der Waals surface area contributed by atoms with E-state index in [2.05, 4.69) is 11.4 Å². The zero-order valence-electron chi connectivity index (χ0n) is 11.8. The van der Waals surface area contributed by atoms with Gasteiger partial charge in [0.2, 0.25) is 0 Å². The van der Waals surface area contributed by atoms with Crippen LogP contribution in [-0.4, -0.2) is 5.54 Å². The van der Waals surface area contributed by atoms with Gasteiger partial charge in [0, 0.05) is 6.54 Å². The van der Waals surface area contributed by atoms with Gasteiger partial charge in [0.05, 0.1) is 6.07 Å². The highest BCUT2D eigenvalue weighted by Gasteiger charge is 2.14. The standard InChI is InChI=1S/C17H18N2O/c1-17(2,13-18)19-12-14-8-10-16(11-9-14)20-15-6-4-3-5-7-15/h3-11,19H,12H2,1-2H3. The second-order valence-electron chi connectivity index (χ2n) is 5.15. The summed E-state index contributed by atoms with van der Waals surface area (Å²) in [6.45, 7) is 4.38. The van der Waals surface area contributed by atoms with Gasteiger partial charge in [-0.3, -0.25) is 5.32 Å². The molecule has 0 aliphatic rings. The SMILES string of the molecule is CC(C)(C#N)NCc1ccc(Oc2ccccc2)cc1. The van der Waals surface area contributed by atoms with Crippen molar-refractivity contribution in [3.63, 3.8) is 0 Å². The van der Waals surface area contributed by atoms with Gasteiger partial charge < -0.3 is 4.74 Å². The van der Waals surface area contributed by atoms with Crippen molar-refractivity contribution in [1.82, 2.24) is 5.32 Å². The number of benzene rings is 2. The van der Waals surface area contributed by atoms with E-state index in [4.69, 9.17) is 10.00 Å². The molecule has 2 aromatic carbocycles. The molecule has 0 aromatic heterocycles. The predicted octanol–water partition coefficient (Wildman–Crippen LogP) is 3.87. The Kier molecular flexibility index (Phi) is 4.39. The minimum absolute atomic E-state index is 0.515. The average molecular weight is 266 g/mol. The molecule has 3 nitrogen and oxygen atoms in total. The summed E-state index contributed by atoms with van der Waals surface area (Å²) in [6, 6.07) is 19.8. The Morgan fingerprint density at radius 2 is 1.60 bits per heavy atom. The lowest BCUT2D eigenvalue weighted by Crippen LogP contribution is -2.36. The summed E-state index contributed by atoms with van der Waals surface area (Å²) < 4.78 is 5.73. The molecular formula is C17H18N2O. The first kappa shape index (κ1) is 14.1. The summed E-state index contributed by atoms with van der Waals surface area (Å²) in [4.78, 5) is 0. The Morgan fingerprint density at radius 3 is 2.20 bits per heavy atom. The molecule has 0 bridgehead atoms. The quantitative estimate of drug-likeness (QED) is 0.893. The lowest BCUT2D eigenvalue weighted by molar-refractivity contribution is 0.478. The normalized spacial score (nSPS) is 10.8. The maximum Gasteiger partial charge on any atom is 0.127 e. The van der Waals surface area contributed by atoms with Crippen molar-refractivity contribution in [2.75, 3.05) is 0 Å². The second kappa shape index (κ2) is 6.23. The van der Waals surface area contributed by atoms with Gasteiger partial charge in [-0.05, 0) is 43.7 Å². The Morgan fingerprint density at radius 1 is 1.00 bits per heavy atom. The number of hydrogen-bond acceptors (Lipinski definition) is 3. The zero-order valence-corrected chi connectivity index (χ0v) is 11.8. The van der Waals surface area contributed by atoms with E-state index in [0.717, 1.165) is 17.1 Å². The van der Waals surface area contributed by atoms with Crippen LogP contribution in [0.3, 0.4) is 0 Å². The fourth-order valence-corrected chi connectivity index (χ4v) is 1.66. The molecule has 0 fully saturated rings. The first-order chi connectivity index (χ1) is 9.59. The van der Waals surface area contributed by atoms with Crippen molar-refractivity contribution in [2.45, 2.75) is 25.9 Å².